The van der Waals surface area contributed by atoms with E-state index in [-0.39, 0.29) is 16.7 Å². The lowest BCUT2D eigenvalue weighted by Crippen LogP contribution is -2.32. The minimum atomic E-state index is -3.05. The van der Waals surface area contributed by atoms with Gasteiger partial charge in [0.1, 0.15) is 7.14 Å². The smallest absolute Gasteiger partial charge is 0.220 e. The molecule has 0 unspecified atom stereocenters. The first kappa shape index (κ1) is 26.7. The second kappa shape index (κ2) is 12.7. The number of thiocarbonyl (C=S) groups is 1. The molecule has 3 rings (SSSR count). The Morgan fingerprint density at radius 3 is 2.00 bits per heavy atom. The number of Topliss-reactive ketones (excluding diaryl/α,β-unsaturated/α-hetero) is 1. The average molecular weight is 531 g/mol. The van der Waals surface area contributed by atoms with Gasteiger partial charge in [-0.15, -0.1) is 0 Å². The molecule has 3 nitrogen and oxygen atoms in total. The van der Waals surface area contributed by atoms with Crippen LogP contribution in [-0.2, 0) is 9.30 Å². The minimum Gasteiger partial charge on any atom is -0.479 e. The van der Waals surface area contributed by atoms with Crippen LogP contribution in [0.3, 0.4) is 0 Å². The third-order valence-corrected chi connectivity index (χ3v) is 11.5. The van der Waals surface area contributed by atoms with Crippen molar-refractivity contribution in [3.63, 3.8) is 0 Å². The Morgan fingerprint density at radius 1 is 0.971 bits per heavy atom. The fourth-order valence-electron chi connectivity index (χ4n) is 3.88. The number of rotatable bonds is 10. The van der Waals surface area contributed by atoms with Gasteiger partial charge in [-0.3, -0.25) is 4.79 Å². The van der Waals surface area contributed by atoms with Crippen molar-refractivity contribution in [2.24, 2.45) is 0 Å². The molecule has 3 aromatic rings. The fourth-order valence-corrected chi connectivity index (χ4v) is 9.14. The number of halogens is 1. The van der Waals surface area contributed by atoms with Gasteiger partial charge in [0.15, 0.2) is 5.78 Å². The van der Waals surface area contributed by atoms with Crippen molar-refractivity contribution in [2.45, 2.75) is 37.6 Å². The van der Waals surface area contributed by atoms with Crippen molar-refractivity contribution < 1.29 is 14.1 Å². The van der Waals surface area contributed by atoms with Gasteiger partial charge in [-0.1, -0.05) is 91.0 Å². The van der Waals surface area contributed by atoms with Crippen LogP contribution >= 0.6 is 42.7 Å². The Labute approximate surface area is 216 Å². The van der Waals surface area contributed by atoms with Crippen LogP contribution in [0.2, 0.25) is 5.02 Å². The second-order valence-electron chi connectivity index (χ2n) is 7.88. The van der Waals surface area contributed by atoms with Crippen molar-refractivity contribution in [3.05, 3.63) is 95.5 Å². The Kier molecular flexibility index (Phi) is 9.97. The second-order valence-corrected chi connectivity index (χ2v) is 13.3. The number of carbonyl (C=O) groups excluding carboxylic acids is 1. The largest absolute Gasteiger partial charge is 0.479 e. The molecule has 178 valence electrons. The highest BCUT2D eigenvalue weighted by molar-refractivity contribution is 8.23. The summed E-state index contributed by atoms with van der Waals surface area (Å²) in [6.07, 6.45) is 0.826. The highest BCUT2D eigenvalue weighted by Crippen LogP contribution is 2.52. The first-order chi connectivity index (χ1) is 16.4. The summed E-state index contributed by atoms with van der Waals surface area (Å²) in [5, 5.41) is 2.00. The zero-order chi connectivity index (χ0) is 24.6. The van der Waals surface area contributed by atoms with Crippen LogP contribution in [0.25, 0.3) is 0 Å². The molecule has 0 radical (unpaired) electrons. The average Bonchev–Trinajstić information content (AvgIpc) is 2.87. The highest BCUT2D eigenvalue weighted by Gasteiger charge is 2.39. The van der Waals surface area contributed by atoms with E-state index < -0.39 is 7.14 Å². The van der Waals surface area contributed by atoms with Crippen LogP contribution in [0.4, 0.5) is 0 Å². The summed E-state index contributed by atoms with van der Waals surface area (Å²) in [5.74, 6) is 0.0195. The molecule has 0 amide bonds. The molecule has 0 spiro atoms. The first-order valence-electron chi connectivity index (χ1n) is 11.2. The predicted octanol–water partition coefficient (Wildman–Crippen LogP) is 7.13. The van der Waals surface area contributed by atoms with E-state index in [0.29, 0.717) is 34.4 Å². The molecule has 0 aromatic heterocycles. The van der Waals surface area contributed by atoms with E-state index in [0.717, 1.165) is 10.6 Å². The maximum absolute atomic E-state index is 14.9. The maximum atomic E-state index is 14.9. The number of hydrogen-bond acceptors (Lipinski definition) is 5. The highest BCUT2D eigenvalue weighted by atomic mass is 35.5. The number of ether oxygens (including phenoxy) is 1. The molecule has 0 heterocycles. The third-order valence-electron chi connectivity index (χ3n) is 5.72. The van der Waals surface area contributed by atoms with Gasteiger partial charge in [0.2, 0.25) is 4.38 Å². The van der Waals surface area contributed by atoms with E-state index in [2.05, 4.69) is 0 Å². The molecule has 34 heavy (non-hydrogen) atoms. The summed E-state index contributed by atoms with van der Waals surface area (Å²) in [6.45, 7) is 4.35. The van der Waals surface area contributed by atoms with E-state index in [9.17, 15) is 9.36 Å². The lowest BCUT2D eigenvalue weighted by atomic mass is 10.0. The van der Waals surface area contributed by atoms with Crippen LogP contribution in [0, 0.1) is 0 Å². The molecule has 0 saturated carbocycles. The van der Waals surface area contributed by atoms with Gasteiger partial charge in [-0.2, -0.15) is 0 Å². The molecule has 3 aromatic carbocycles. The van der Waals surface area contributed by atoms with Gasteiger partial charge >= 0.3 is 0 Å². The van der Waals surface area contributed by atoms with E-state index in [1.807, 2.05) is 74.5 Å². The molecule has 0 aliphatic rings. The van der Waals surface area contributed by atoms with Gasteiger partial charge in [0.25, 0.3) is 0 Å². The van der Waals surface area contributed by atoms with Crippen LogP contribution in [0.5, 0.6) is 0 Å². The Bertz CT molecular complexity index is 1090. The van der Waals surface area contributed by atoms with Crippen LogP contribution < -0.4 is 10.6 Å². The van der Waals surface area contributed by atoms with Crippen LogP contribution in [-0.4, -0.2) is 27.7 Å². The minimum absolute atomic E-state index is 0.0195. The number of thioether (sulfide) groups is 1. The summed E-state index contributed by atoms with van der Waals surface area (Å²) >= 11 is 12.8. The molecule has 0 fully saturated rings. The SMILES string of the molecule is CCOC(=S)S[C@@H](CCC(=O)c1ccc(Cl)cc1)[C@@H](C)P(=O)(c1ccccc1)c1ccccc1. The lowest BCUT2D eigenvalue weighted by molar-refractivity contribution is 0.0980. The van der Waals surface area contributed by atoms with Crippen molar-refractivity contribution in [1.82, 2.24) is 0 Å². The summed E-state index contributed by atoms with van der Waals surface area (Å²) in [7, 11) is -3.05. The van der Waals surface area contributed by atoms with Gasteiger partial charge in [-0.25, -0.2) is 0 Å². The summed E-state index contributed by atoms with van der Waals surface area (Å²) < 4.78 is 20.8. The standard InChI is InChI=1S/C27H28ClO3PS2/c1-3-31-27(33)34-26(19-18-25(29)21-14-16-22(28)17-15-21)20(2)32(30,23-10-6-4-7-11-23)24-12-8-5-9-13-24/h4-17,20,26H,3,18-19H2,1-2H3/t20-,26+/m1/s1. The Morgan fingerprint density at radius 2 is 1.50 bits per heavy atom. The lowest BCUT2D eigenvalue weighted by Gasteiger charge is -2.32. The summed E-state index contributed by atoms with van der Waals surface area (Å²) in [5.41, 5.74) is 0.334. The number of ketones is 1. The number of benzene rings is 3. The molecule has 0 saturated heterocycles. The monoisotopic (exact) mass is 530 g/mol. The summed E-state index contributed by atoms with van der Waals surface area (Å²) in [4.78, 5) is 12.9. The summed E-state index contributed by atoms with van der Waals surface area (Å²) in [6, 6.07) is 26.1. The van der Waals surface area contributed by atoms with Crippen molar-refractivity contribution in [1.29, 1.82) is 0 Å². The molecule has 2 atom stereocenters. The molecule has 0 N–H and O–H groups in total. The van der Waals surface area contributed by atoms with E-state index >= 15 is 0 Å². The van der Waals surface area contributed by atoms with Crippen LogP contribution in [0.1, 0.15) is 37.0 Å². The van der Waals surface area contributed by atoms with E-state index in [4.69, 9.17) is 28.6 Å². The molecular weight excluding hydrogens is 503 g/mol. The molecule has 0 aliphatic carbocycles. The molecule has 7 heteroatoms. The molecule has 0 aliphatic heterocycles. The third kappa shape index (κ3) is 6.60. The predicted molar refractivity (Wildman–Crippen MR) is 150 cm³/mol. The molecular formula is C27H28ClO3PS2. The van der Waals surface area contributed by atoms with Gasteiger partial charge in [-0.05, 0) is 49.8 Å². The van der Waals surface area contributed by atoms with Gasteiger partial charge in [0, 0.05) is 38.5 Å². The zero-order valence-electron chi connectivity index (χ0n) is 19.2. The zero-order valence-corrected chi connectivity index (χ0v) is 22.5. The topological polar surface area (TPSA) is 43.4 Å². The quantitative estimate of drug-likeness (QED) is 0.158. The Hall–Kier alpha value is -1.91. The van der Waals surface area contributed by atoms with Crippen LogP contribution in [0.15, 0.2) is 84.9 Å². The van der Waals surface area contributed by atoms with E-state index in [1.165, 1.54) is 11.8 Å². The van der Waals surface area contributed by atoms with Gasteiger partial charge < -0.3 is 9.30 Å². The van der Waals surface area contributed by atoms with Gasteiger partial charge in [0.05, 0.1) is 6.61 Å². The van der Waals surface area contributed by atoms with Crippen molar-refractivity contribution >= 4 is 63.5 Å². The fraction of sp³-hybridized carbons (Fsp3) is 0.259. The first-order valence-corrected chi connectivity index (χ1v) is 14.6. The normalized spacial score (nSPS) is 13.1. The number of hydrogen-bond donors (Lipinski definition) is 0. The van der Waals surface area contributed by atoms with E-state index in [1.54, 1.807) is 24.3 Å². The number of carbonyl (C=O) groups is 1. The maximum Gasteiger partial charge on any atom is 0.220 e. The van der Waals surface area contributed by atoms with Crippen molar-refractivity contribution in [3.8, 4) is 0 Å². The molecule has 0 bridgehead atoms. The Balaban J connectivity index is 1.93. The van der Waals surface area contributed by atoms with Crippen molar-refractivity contribution in [2.75, 3.05) is 6.61 Å².